The van der Waals surface area contributed by atoms with Crippen molar-refractivity contribution in [3.8, 4) is 0 Å². The molecule has 136 heavy (non-hydrogen) atoms. The highest BCUT2D eigenvalue weighted by Crippen LogP contribution is 2.38. The Kier molecular flexibility index (Phi) is 29.9. The maximum atomic E-state index is 13.9. The number of nitrogens with two attached hydrogens (primary N) is 2. The Labute approximate surface area is 774 Å². The lowest BCUT2D eigenvalue weighted by Gasteiger charge is -2.10. The summed E-state index contributed by atoms with van der Waals surface area (Å²) in [5.41, 5.74) is 19.6. The van der Waals surface area contributed by atoms with Gasteiger partial charge in [-0.1, -0.05) is 140 Å². The fourth-order valence-electron chi connectivity index (χ4n) is 12.4. The zero-order chi connectivity index (χ0) is 94.5. The van der Waals surface area contributed by atoms with Crippen molar-refractivity contribution in [1.29, 1.82) is 0 Å². The standard InChI is InChI=1S/C99H77N29O8/c1-60(100)92(129)105-70-34-3-11-42-78(70)121-113-62-26-19-28-64(56-62)115-123-80-44-13-5-36-72(80)107-94(131)86-50-23-52-88(102-86)96(133)109-74-38-7-15-46-82(74)125-117-66-30-21-32-68(58-66)119-127-84-48-17-9-40-76(84)111-98(135)90-54-25-55-91(104-90)99(136)112-77-41-10-18-49-85(77)128-120-69-33-22-31-67(59-69)118-126-83-47-16-8-39-75(83)110-97(134)89-53-24-51-87(103-89)95(132)108-73-37-6-14-45-81(73)124-116-65-29-20-27-63(57-65)114-122-79-43-12-4-35-71(79)106-93(130)61(2)101/h3-61H,100-101H2,1-2H3,(H,105,129)(H,106,130)(H,107,131)(H,108,132)(H,109,133)(H,110,134)(H,111,135)(H,112,136)/t60-,61-/m0/s1. The monoisotopic (exact) mass is 1800 g/mol. The zero-order valence-electron chi connectivity index (χ0n) is 72.0. The largest absolute Gasteiger partial charge is 0.323 e. The number of azo groups is 8. The minimum Gasteiger partial charge on any atom is -0.323 e. The number of rotatable bonds is 32. The summed E-state index contributed by atoms with van der Waals surface area (Å²) in [6.07, 6.45) is 0. The fraction of sp³-hybridized carbons (Fsp3) is 0.0404. The van der Waals surface area contributed by atoms with Gasteiger partial charge in [0.2, 0.25) is 11.8 Å². The summed E-state index contributed by atoms with van der Waals surface area (Å²) in [6.45, 7) is 3.16. The number of carbonyl (C=O) groups excluding carboxylic acids is 8. The van der Waals surface area contributed by atoms with Crippen LogP contribution in [0.2, 0.25) is 0 Å². The number of pyridine rings is 3. The molecule has 37 heteroatoms. The smallest absolute Gasteiger partial charge is 0.274 e. The van der Waals surface area contributed by atoms with Gasteiger partial charge in [0, 0.05) is 0 Å². The Morgan fingerprint density at radius 3 is 0.485 bits per heavy atom. The number of hydrogen-bond donors (Lipinski definition) is 10. The first-order valence-corrected chi connectivity index (χ1v) is 41.7. The second-order valence-corrected chi connectivity index (χ2v) is 29.3. The Hall–Kier alpha value is -19.4. The van der Waals surface area contributed by atoms with Crippen molar-refractivity contribution in [3.63, 3.8) is 0 Å². The molecule has 0 aliphatic heterocycles. The van der Waals surface area contributed by atoms with Crippen LogP contribution in [0.3, 0.4) is 0 Å². The molecule has 0 aliphatic carbocycles. The van der Waals surface area contributed by atoms with E-state index in [9.17, 15) is 38.4 Å². The molecule has 15 rings (SSSR count). The number of para-hydroxylation sites is 8. The Balaban J connectivity index is 0.524. The van der Waals surface area contributed by atoms with Crippen LogP contribution in [0.25, 0.3) is 0 Å². The molecule has 37 nitrogen and oxygen atoms in total. The van der Waals surface area contributed by atoms with Gasteiger partial charge < -0.3 is 54.0 Å². The number of benzene rings is 12. The van der Waals surface area contributed by atoms with E-state index in [1.165, 1.54) is 54.6 Å². The van der Waals surface area contributed by atoms with Crippen LogP contribution in [0.4, 0.5) is 136 Å². The summed E-state index contributed by atoms with van der Waals surface area (Å²) >= 11 is 0. The number of nitrogens with one attached hydrogen (secondary N) is 8. The van der Waals surface area contributed by atoms with Crippen molar-refractivity contribution >= 4 is 184 Å². The SMILES string of the molecule is C[C@H](N)C(=O)Nc1ccccc1N=Nc1cccc(N=Nc2ccccc2NC(=O)c2cccc(C(=O)Nc3ccccc3N=Nc3cccc(N=Nc4ccccc4NC(=O)c4cccc(C(=O)Nc5ccccc5N=Nc5cccc(N=Nc6ccccc6NC(=O)c6cccc(C(=O)Nc7ccccc7N=Nc7cccc(N=Nc8ccccc8NC(=O)[C@H](C)N)c7)n6)c5)n4)c3)n2)c1. The second-order valence-electron chi connectivity index (χ2n) is 29.3. The van der Waals surface area contributed by atoms with E-state index >= 15 is 0 Å². The maximum Gasteiger partial charge on any atom is 0.274 e. The van der Waals surface area contributed by atoms with Gasteiger partial charge in [-0.2, -0.15) is 40.9 Å². The van der Waals surface area contributed by atoms with E-state index in [4.69, 9.17) is 11.5 Å². The van der Waals surface area contributed by atoms with Crippen LogP contribution in [0, 0.1) is 0 Å². The summed E-state index contributed by atoms with van der Waals surface area (Å²) in [5.74, 6) is -4.57. The first kappa shape index (κ1) is 91.3. The summed E-state index contributed by atoms with van der Waals surface area (Å²) in [7, 11) is 0. The van der Waals surface area contributed by atoms with Gasteiger partial charge in [-0.3, -0.25) is 38.4 Å². The minimum absolute atomic E-state index is 0.0630. The van der Waals surface area contributed by atoms with Crippen molar-refractivity contribution in [1.82, 2.24) is 15.0 Å². The lowest BCUT2D eigenvalue weighted by Crippen LogP contribution is -2.32. The average Bonchev–Trinajstić information content (AvgIpc) is 0.834. The molecule has 3 aromatic heterocycles. The summed E-state index contributed by atoms with van der Waals surface area (Å²) in [6, 6.07) is 93.2. The molecule has 0 bridgehead atoms. The summed E-state index contributed by atoms with van der Waals surface area (Å²) in [4.78, 5) is 121. The van der Waals surface area contributed by atoms with Gasteiger partial charge in [-0.15, -0.1) is 40.9 Å². The van der Waals surface area contributed by atoms with Crippen LogP contribution in [0.15, 0.2) is 428 Å². The van der Waals surface area contributed by atoms with E-state index in [1.807, 2.05) is 0 Å². The lowest BCUT2D eigenvalue weighted by molar-refractivity contribution is -0.117. The van der Waals surface area contributed by atoms with Gasteiger partial charge in [-0.25, -0.2) is 15.0 Å². The van der Waals surface area contributed by atoms with E-state index in [2.05, 4.69) is 139 Å². The van der Waals surface area contributed by atoms with Crippen molar-refractivity contribution in [2.24, 2.45) is 93.3 Å². The highest BCUT2D eigenvalue weighted by atomic mass is 16.2. The zero-order valence-corrected chi connectivity index (χ0v) is 72.0. The number of hydrogen-bond acceptors (Lipinski definition) is 29. The quantitative estimate of drug-likeness (QED) is 0.0175. The molecule has 8 amide bonds. The van der Waals surface area contributed by atoms with Gasteiger partial charge >= 0.3 is 0 Å². The third-order valence-electron chi connectivity index (χ3n) is 19.2. The van der Waals surface area contributed by atoms with E-state index in [1.54, 1.807) is 305 Å². The molecule has 0 unspecified atom stereocenters. The van der Waals surface area contributed by atoms with Crippen molar-refractivity contribution in [2.75, 3.05) is 42.5 Å². The molecule has 666 valence electrons. The van der Waals surface area contributed by atoms with Gasteiger partial charge in [0.25, 0.3) is 35.4 Å². The number of anilines is 8. The van der Waals surface area contributed by atoms with E-state index in [0.29, 0.717) is 114 Å². The molecule has 0 aliphatic rings. The average molecular weight is 1800 g/mol. The van der Waals surface area contributed by atoms with Gasteiger partial charge in [0.1, 0.15) is 79.7 Å². The number of aromatic nitrogens is 3. The van der Waals surface area contributed by atoms with E-state index in [0.717, 1.165) is 0 Å². The predicted octanol–water partition coefficient (Wildman–Crippen LogP) is 25.3. The molecule has 0 radical (unpaired) electrons. The molecule has 0 spiro atoms. The molecule has 3 heterocycles. The first-order chi connectivity index (χ1) is 66.3. The van der Waals surface area contributed by atoms with Crippen LogP contribution in [-0.2, 0) is 9.59 Å². The van der Waals surface area contributed by atoms with Crippen molar-refractivity contribution < 1.29 is 38.4 Å². The third kappa shape index (κ3) is 25.1. The Morgan fingerprint density at radius 1 is 0.191 bits per heavy atom. The summed E-state index contributed by atoms with van der Waals surface area (Å²) < 4.78 is 0. The maximum absolute atomic E-state index is 13.9. The van der Waals surface area contributed by atoms with Crippen molar-refractivity contribution in [3.05, 3.63) is 380 Å². The molecule has 0 saturated heterocycles. The van der Waals surface area contributed by atoms with Gasteiger partial charge in [0.05, 0.1) is 103 Å². The topological polar surface area (TPSA) is 521 Å². The second kappa shape index (κ2) is 44.5. The van der Waals surface area contributed by atoms with Crippen molar-refractivity contribution in [2.45, 2.75) is 25.9 Å². The molecule has 0 saturated carbocycles. The summed E-state index contributed by atoms with van der Waals surface area (Å²) in [5, 5.41) is 92.8. The van der Waals surface area contributed by atoms with Gasteiger partial charge in [0.15, 0.2) is 0 Å². The minimum atomic E-state index is -0.725. The molecule has 0 fully saturated rings. The molecular formula is C99H77N29O8. The predicted molar refractivity (Wildman–Crippen MR) is 516 cm³/mol. The normalized spacial score (nSPS) is 11.9. The van der Waals surface area contributed by atoms with E-state index in [-0.39, 0.29) is 68.7 Å². The van der Waals surface area contributed by atoms with E-state index < -0.39 is 47.5 Å². The number of carbonyl (C=O) groups is 8. The lowest BCUT2D eigenvalue weighted by atomic mass is 10.2. The van der Waals surface area contributed by atoms with Crippen LogP contribution < -0.4 is 54.0 Å². The van der Waals surface area contributed by atoms with Crippen LogP contribution in [-0.4, -0.2) is 74.3 Å². The number of nitrogens with zero attached hydrogens (tertiary/aromatic N) is 19. The number of amides is 8. The Bertz CT molecular complexity index is 6900. The molecule has 2 atom stereocenters. The molecule has 12 aromatic carbocycles. The Morgan fingerprint density at radius 2 is 0.331 bits per heavy atom. The molecular weight excluding hydrogens is 1720 g/mol. The van der Waals surface area contributed by atoms with Crippen LogP contribution in [0.5, 0.6) is 0 Å². The van der Waals surface area contributed by atoms with Crippen LogP contribution in [0.1, 0.15) is 76.8 Å². The highest BCUT2D eigenvalue weighted by Gasteiger charge is 2.22. The third-order valence-corrected chi connectivity index (χ3v) is 19.2. The molecule has 15 aromatic rings. The fourth-order valence-corrected chi connectivity index (χ4v) is 12.4. The first-order valence-electron chi connectivity index (χ1n) is 41.7. The highest BCUT2D eigenvalue weighted by molar-refractivity contribution is 6.11. The van der Waals surface area contributed by atoms with Crippen LogP contribution >= 0.6 is 0 Å². The molecule has 12 N–H and O–H groups in total. The van der Waals surface area contributed by atoms with Gasteiger partial charge in [-0.05, 0) is 220 Å².